The summed E-state index contributed by atoms with van der Waals surface area (Å²) in [5, 5.41) is 11.6. The number of benzene rings is 2. The number of hydrogen-bond acceptors (Lipinski definition) is 4. The van der Waals surface area contributed by atoms with Crippen molar-refractivity contribution in [3.05, 3.63) is 58.8 Å². The third kappa shape index (κ3) is 2.98. The molecule has 3 aliphatic rings. The Morgan fingerprint density at radius 2 is 1.81 bits per heavy atom. The predicted octanol–water partition coefficient (Wildman–Crippen LogP) is 4.00. The van der Waals surface area contributed by atoms with Gasteiger partial charge in [-0.15, -0.1) is 0 Å². The molecule has 3 aromatic rings. The molecular weight excluding hydrogens is 408 g/mol. The summed E-state index contributed by atoms with van der Waals surface area (Å²) in [5.74, 6) is -0.926. The highest BCUT2D eigenvalue weighted by Gasteiger charge is 2.40. The number of nitrogens with one attached hydrogen (secondary N) is 2. The molecule has 1 aromatic heterocycles. The summed E-state index contributed by atoms with van der Waals surface area (Å²) in [4.78, 5) is 4.22. The van der Waals surface area contributed by atoms with Crippen LogP contribution in [0.25, 0.3) is 10.9 Å². The second kappa shape index (κ2) is 7.25. The van der Waals surface area contributed by atoms with E-state index in [1.807, 2.05) is 25.4 Å². The first-order valence-corrected chi connectivity index (χ1v) is 11.6. The molecule has 2 atom stereocenters. The molecular formula is C25H29F2N5. The molecule has 5 nitrogen and oxygen atoms in total. The van der Waals surface area contributed by atoms with Gasteiger partial charge in [0.1, 0.15) is 11.6 Å². The van der Waals surface area contributed by atoms with Gasteiger partial charge in [0.2, 0.25) is 0 Å². The number of anilines is 1. The standard InChI is InChI=1S/C25H29F2N5/c1-15-9-18-17(3-4-22-19(18)12-29-30-22)24(31(15)2)23-20(26)10-16(11-21(23)27)32-7-5-25(6-8-32)13-28-14-25/h3-4,10-12,15,24,28H,5-9,13-14H2,1-2H3,(H,29,30)/t15-,24?/m1/s1. The number of fused-ring (bicyclic) bond motifs is 3. The molecule has 0 radical (unpaired) electrons. The van der Waals surface area contributed by atoms with Crippen molar-refractivity contribution < 1.29 is 8.78 Å². The number of halogens is 2. The molecule has 168 valence electrons. The fraction of sp³-hybridized carbons (Fsp3) is 0.480. The smallest absolute Gasteiger partial charge is 0.133 e. The zero-order valence-electron chi connectivity index (χ0n) is 18.6. The molecule has 4 heterocycles. The molecule has 6 rings (SSSR count). The van der Waals surface area contributed by atoms with Gasteiger partial charge in [0.25, 0.3) is 0 Å². The molecule has 0 amide bonds. The highest BCUT2D eigenvalue weighted by molar-refractivity contribution is 5.83. The van der Waals surface area contributed by atoms with Crippen LogP contribution in [0.5, 0.6) is 0 Å². The van der Waals surface area contributed by atoms with Crippen molar-refractivity contribution in [1.82, 2.24) is 20.4 Å². The van der Waals surface area contributed by atoms with Crippen LogP contribution in [0.3, 0.4) is 0 Å². The van der Waals surface area contributed by atoms with E-state index in [-0.39, 0.29) is 11.6 Å². The van der Waals surface area contributed by atoms with Crippen LogP contribution >= 0.6 is 0 Å². The van der Waals surface area contributed by atoms with Crippen LogP contribution in [0.4, 0.5) is 14.5 Å². The van der Waals surface area contributed by atoms with E-state index in [2.05, 4.69) is 32.2 Å². The Hall–Kier alpha value is -2.51. The van der Waals surface area contributed by atoms with Crippen LogP contribution in [0.15, 0.2) is 30.5 Å². The lowest BCUT2D eigenvalue weighted by Gasteiger charge is -2.49. The van der Waals surface area contributed by atoms with Crippen LogP contribution in [0.1, 0.15) is 42.5 Å². The number of H-pyrrole nitrogens is 1. The van der Waals surface area contributed by atoms with Gasteiger partial charge in [0.05, 0.1) is 17.8 Å². The van der Waals surface area contributed by atoms with Crippen molar-refractivity contribution in [1.29, 1.82) is 0 Å². The third-order valence-corrected chi connectivity index (χ3v) is 8.20. The second-order valence-electron chi connectivity index (χ2n) is 10.00. The summed E-state index contributed by atoms with van der Waals surface area (Å²) < 4.78 is 31.2. The monoisotopic (exact) mass is 437 g/mol. The van der Waals surface area contributed by atoms with Gasteiger partial charge in [0, 0.05) is 48.9 Å². The van der Waals surface area contributed by atoms with Crippen molar-refractivity contribution in [3.8, 4) is 0 Å². The molecule has 2 N–H and O–H groups in total. The topological polar surface area (TPSA) is 47.2 Å². The number of aromatic nitrogens is 2. The van der Waals surface area contributed by atoms with Crippen LogP contribution in [-0.4, -0.2) is 54.4 Å². The third-order valence-electron chi connectivity index (χ3n) is 8.20. The lowest BCUT2D eigenvalue weighted by molar-refractivity contribution is 0.126. The highest BCUT2D eigenvalue weighted by Crippen LogP contribution is 2.43. The molecule has 1 spiro atoms. The molecule has 3 aliphatic heterocycles. The summed E-state index contributed by atoms with van der Waals surface area (Å²) in [7, 11) is 1.96. The minimum Gasteiger partial charge on any atom is -0.371 e. The summed E-state index contributed by atoms with van der Waals surface area (Å²) in [6, 6.07) is 6.72. The first kappa shape index (κ1) is 20.1. The Kier molecular flexibility index (Phi) is 4.56. The van der Waals surface area contributed by atoms with E-state index in [4.69, 9.17) is 0 Å². The van der Waals surface area contributed by atoms with Crippen molar-refractivity contribution in [2.75, 3.05) is 38.1 Å². The van der Waals surface area contributed by atoms with Crippen molar-refractivity contribution in [2.45, 2.75) is 38.3 Å². The zero-order chi connectivity index (χ0) is 22.0. The number of likely N-dealkylation sites (N-methyl/N-ethyl adjacent to an activating group) is 1. The first-order valence-electron chi connectivity index (χ1n) is 11.6. The molecule has 2 fully saturated rings. The summed E-state index contributed by atoms with van der Waals surface area (Å²) >= 11 is 0. The van der Waals surface area contributed by atoms with Gasteiger partial charge in [-0.2, -0.15) is 5.10 Å². The maximum atomic E-state index is 15.6. The van der Waals surface area contributed by atoms with Crippen LogP contribution in [0.2, 0.25) is 0 Å². The Morgan fingerprint density at radius 3 is 2.47 bits per heavy atom. The van der Waals surface area contributed by atoms with Gasteiger partial charge in [0.15, 0.2) is 0 Å². The van der Waals surface area contributed by atoms with E-state index in [9.17, 15) is 0 Å². The average molecular weight is 438 g/mol. The lowest BCUT2D eigenvalue weighted by atomic mass is 9.73. The Morgan fingerprint density at radius 1 is 1.09 bits per heavy atom. The summed E-state index contributed by atoms with van der Waals surface area (Å²) in [6.45, 7) is 5.94. The summed E-state index contributed by atoms with van der Waals surface area (Å²) in [6.07, 6.45) is 4.79. The molecule has 2 saturated heterocycles. The van der Waals surface area contributed by atoms with Crippen LogP contribution in [-0.2, 0) is 6.42 Å². The normalized spacial score (nSPS) is 25.2. The van der Waals surface area contributed by atoms with Crippen molar-refractivity contribution in [2.24, 2.45) is 5.41 Å². The summed E-state index contributed by atoms with van der Waals surface area (Å²) in [5.41, 5.74) is 4.25. The van der Waals surface area contributed by atoms with E-state index >= 15 is 8.78 Å². The largest absolute Gasteiger partial charge is 0.371 e. The first-order chi connectivity index (χ1) is 15.5. The maximum absolute atomic E-state index is 15.6. The van der Waals surface area contributed by atoms with Gasteiger partial charge < -0.3 is 10.2 Å². The van der Waals surface area contributed by atoms with Gasteiger partial charge in [-0.1, -0.05) is 6.07 Å². The van der Waals surface area contributed by atoms with Gasteiger partial charge in [-0.25, -0.2) is 8.78 Å². The number of hydrogen-bond donors (Lipinski definition) is 2. The SMILES string of the molecule is C[C@@H]1Cc2c(ccc3[nH]ncc23)C(c2c(F)cc(N3CCC4(CC3)CNC4)cc2F)N1C. The Labute approximate surface area is 186 Å². The maximum Gasteiger partial charge on any atom is 0.133 e. The van der Waals surface area contributed by atoms with Gasteiger partial charge >= 0.3 is 0 Å². The van der Waals surface area contributed by atoms with E-state index in [0.717, 1.165) is 67.5 Å². The van der Waals surface area contributed by atoms with E-state index in [1.54, 1.807) is 12.1 Å². The predicted molar refractivity (Wildman–Crippen MR) is 122 cm³/mol. The fourth-order valence-corrected chi connectivity index (χ4v) is 5.94. The molecule has 32 heavy (non-hydrogen) atoms. The van der Waals surface area contributed by atoms with Gasteiger partial charge in [-0.05, 0) is 68.0 Å². The zero-order valence-corrected chi connectivity index (χ0v) is 18.6. The van der Waals surface area contributed by atoms with Crippen LogP contribution < -0.4 is 10.2 Å². The van der Waals surface area contributed by atoms with Crippen molar-refractivity contribution >= 4 is 16.6 Å². The molecule has 0 aliphatic carbocycles. The molecule has 2 aromatic carbocycles. The lowest BCUT2D eigenvalue weighted by Crippen LogP contribution is -2.58. The Balaban J connectivity index is 1.38. The van der Waals surface area contributed by atoms with E-state index in [0.29, 0.717) is 11.1 Å². The number of rotatable bonds is 2. The minimum atomic E-state index is -0.465. The minimum absolute atomic E-state index is 0.142. The van der Waals surface area contributed by atoms with E-state index in [1.165, 1.54) is 0 Å². The number of aromatic amines is 1. The van der Waals surface area contributed by atoms with Crippen molar-refractivity contribution in [3.63, 3.8) is 0 Å². The molecule has 1 unspecified atom stereocenters. The quantitative estimate of drug-likeness (QED) is 0.636. The second-order valence-corrected chi connectivity index (χ2v) is 10.00. The van der Waals surface area contributed by atoms with Crippen LogP contribution in [0, 0.1) is 17.0 Å². The highest BCUT2D eigenvalue weighted by atomic mass is 19.1. The molecule has 0 bridgehead atoms. The Bertz CT molecular complexity index is 1150. The molecule has 0 saturated carbocycles. The van der Waals surface area contributed by atoms with Gasteiger partial charge in [-0.3, -0.25) is 10.00 Å². The number of nitrogens with zero attached hydrogens (tertiary/aromatic N) is 3. The fourth-order valence-electron chi connectivity index (χ4n) is 5.94. The van der Waals surface area contributed by atoms with E-state index < -0.39 is 17.7 Å². The molecule has 7 heteroatoms. The number of piperidine rings is 1. The average Bonchev–Trinajstić information content (AvgIpc) is 3.24.